The van der Waals surface area contributed by atoms with Crippen molar-refractivity contribution in [3.63, 3.8) is 0 Å². The molecule has 0 aromatic heterocycles. The van der Waals surface area contributed by atoms with Gasteiger partial charge in [0.05, 0.1) is 5.92 Å². The molecule has 0 aromatic carbocycles. The van der Waals surface area contributed by atoms with Gasteiger partial charge in [-0.3, -0.25) is 4.79 Å². The highest BCUT2D eigenvalue weighted by Crippen LogP contribution is 2.18. The van der Waals surface area contributed by atoms with Crippen LogP contribution in [0.5, 0.6) is 0 Å². The Morgan fingerprint density at radius 1 is 1.40 bits per heavy atom. The molecule has 1 fully saturated rings. The van der Waals surface area contributed by atoms with E-state index < -0.39 is 12.1 Å². The Morgan fingerprint density at radius 3 is 2.47 bits per heavy atom. The highest BCUT2D eigenvalue weighted by Gasteiger charge is 2.26. The molecule has 1 aliphatic heterocycles. The van der Waals surface area contributed by atoms with Gasteiger partial charge in [0.2, 0.25) is 0 Å². The highest BCUT2D eigenvalue weighted by molar-refractivity contribution is 5.85. The Hall–Kier alpha value is -1.10. The summed E-state index contributed by atoms with van der Waals surface area (Å²) < 4.78 is 4.60. The summed E-state index contributed by atoms with van der Waals surface area (Å²) >= 11 is 0. The van der Waals surface area contributed by atoms with Gasteiger partial charge in [0.25, 0.3) is 0 Å². The second kappa shape index (κ2) is 5.70. The lowest BCUT2D eigenvalue weighted by Crippen LogP contribution is -2.38. The Morgan fingerprint density at radius 2 is 2.00 bits per heavy atom. The number of carbonyl (C=O) groups is 2. The first-order valence-electron chi connectivity index (χ1n) is 5.33. The van der Waals surface area contributed by atoms with Crippen LogP contribution in [0.2, 0.25) is 0 Å². The zero-order valence-corrected chi connectivity index (χ0v) is 9.28. The molecule has 1 amide bonds. The lowest BCUT2D eigenvalue weighted by Gasteiger charge is -2.29. The summed E-state index contributed by atoms with van der Waals surface area (Å²) in [6, 6.07) is 0. The fourth-order valence-electron chi connectivity index (χ4n) is 1.71. The predicted molar refractivity (Wildman–Crippen MR) is 55.4 cm³/mol. The summed E-state index contributed by atoms with van der Waals surface area (Å²) in [5, 5.41) is 2.26. The van der Waals surface area contributed by atoms with Gasteiger partial charge in [0.15, 0.2) is 0 Å². The van der Waals surface area contributed by atoms with Crippen molar-refractivity contribution in [1.82, 2.24) is 10.2 Å². The molecule has 0 unspecified atom stereocenters. The molecule has 0 saturated carbocycles. The first kappa shape index (κ1) is 12.0. The van der Waals surface area contributed by atoms with Crippen molar-refractivity contribution in [3.05, 3.63) is 0 Å². The van der Waals surface area contributed by atoms with Crippen LogP contribution in [0.1, 0.15) is 19.8 Å². The molecule has 1 aliphatic rings. The number of ether oxygens (including phenoxy) is 1. The van der Waals surface area contributed by atoms with Gasteiger partial charge in [-0.05, 0) is 32.5 Å². The highest BCUT2D eigenvalue weighted by atomic mass is 16.6. The third kappa shape index (κ3) is 3.51. The van der Waals surface area contributed by atoms with Crippen LogP contribution in [0.4, 0.5) is 4.79 Å². The van der Waals surface area contributed by atoms with Gasteiger partial charge in [-0.2, -0.15) is 0 Å². The molecule has 5 nitrogen and oxygen atoms in total. The third-order valence-corrected chi connectivity index (χ3v) is 2.77. The van der Waals surface area contributed by atoms with Crippen LogP contribution in [0.3, 0.4) is 0 Å². The standard InChI is InChI=1S/C10H18N2O3/c1-3-12-6-4-8(5-7-12)9(13)15-10(14)11-2/h8H,3-7H2,1-2H3,(H,11,14). The molecule has 5 heteroatoms. The molecule has 0 spiro atoms. The molecule has 0 radical (unpaired) electrons. The summed E-state index contributed by atoms with van der Waals surface area (Å²) in [6.07, 6.45) is 0.894. The molecule has 1 rings (SSSR count). The summed E-state index contributed by atoms with van der Waals surface area (Å²) in [5.41, 5.74) is 0. The molecule has 15 heavy (non-hydrogen) atoms. The van der Waals surface area contributed by atoms with Crippen molar-refractivity contribution in [2.45, 2.75) is 19.8 Å². The van der Waals surface area contributed by atoms with Gasteiger partial charge in [-0.25, -0.2) is 4.79 Å². The lowest BCUT2D eigenvalue weighted by molar-refractivity contribution is -0.143. The number of hydrogen-bond acceptors (Lipinski definition) is 4. The number of rotatable bonds is 2. The molecule has 1 saturated heterocycles. The van der Waals surface area contributed by atoms with Gasteiger partial charge in [0, 0.05) is 7.05 Å². The number of amides is 1. The van der Waals surface area contributed by atoms with Gasteiger partial charge in [-0.15, -0.1) is 0 Å². The van der Waals surface area contributed by atoms with Crippen LogP contribution < -0.4 is 5.32 Å². The number of likely N-dealkylation sites (tertiary alicyclic amines) is 1. The quantitative estimate of drug-likeness (QED) is 0.540. The van der Waals surface area contributed by atoms with Crippen molar-refractivity contribution >= 4 is 12.1 Å². The first-order valence-corrected chi connectivity index (χ1v) is 5.33. The van der Waals surface area contributed by atoms with Crippen LogP contribution in [0.15, 0.2) is 0 Å². The molecule has 0 aliphatic carbocycles. The molecule has 1 N–H and O–H groups in total. The number of esters is 1. The van der Waals surface area contributed by atoms with Crippen LogP contribution in [0.25, 0.3) is 0 Å². The van der Waals surface area contributed by atoms with Crippen molar-refractivity contribution in [2.24, 2.45) is 5.92 Å². The molecule has 86 valence electrons. The van der Waals surface area contributed by atoms with E-state index in [-0.39, 0.29) is 5.92 Å². The average molecular weight is 214 g/mol. The number of carbonyl (C=O) groups excluding carboxylic acids is 2. The molecular weight excluding hydrogens is 196 g/mol. The second-order valence-corrected chi connectivity index (χ2v) is 3.67. The van der Waals surface area contributed by atoms with Crippen molar-refractivity contribution in [1.29, 1.82) is 0 Å². The fraction of sp³-hybridized carbons (Fsp3) is 0.800. The average Bonchev–Trinajstić information content (AvgIpc) is 2.29. The smallest absolute Gasteiger partial charge is 0.376 e. The van der Waals surface area contributed by atoms with E-state index in [4.69, 9.17) is 0 Å². The molecule has 0 aromatic rings. The van der Waals surface area contributed by atoms with Crippen LogP contribution in [0, 0.1) is 5.92 Å². The summed E-state index contributed by atoms with van der Waals surface area (Å²) in [5.74, 6) is -0.518. The zero-order valence-electron chi connectivity index (χ0n) is 9.28. The summed E-state index contributed by atoms with van der Waals surface area (Å²) in [4.78, 5) is 24.6. The number of nitrogens with zero attached hydrogens (tertiary/aromatic N) is 1. The minimum atomic E-state index is -0.669. The zero-order chi connectivity index (χ0) is 11.3. The van der Waals surface area contributed by atoms with E-state index in [1.54, 1.807) is 0 Å². The first-order chi connectivity index (χ1) is 7.17. The number of alkyl carbamates (subject to hydrolysis) is 1. The predicted octanol–water partition coefficient (Wildman–Crippen LogP) is 0.601. The van der Waals surface area contributed by atoms with Crippen LogP contribution >= 0.6 is 0 Å². The van der Waals surface area contributed by atoms with Crippen molar-refractivity contribution in [3.8, 4) is 0 Å². The maximum Gasteiger partial charge on any atom is 0.414 e. The van der Waals surface area contributed by atoms with E-state index >= 15 is 0 Å². The van der Waals surface area contributed by atoms with Crippen molar-refractivity contribution < 1.29 is 14.3 Å². The van der Waals surface area contributed by atoms with E-state index in [0.29, 0.717) is 0 Å². The second-order valence-electron chi connectivity index (χ2n) is 3.67. The summed E-state index contributed by atoms with van der Waals surface area (Å²) in [6.45, 7) is 4.93. The van der Waals surface area contributed by atoms with E-state index in [0.717, 1.165) is 32.5 Å². The summed E-state index contributed by atoms with van der Waals surface area (Å²) in [7, 11) is 1.44. The van der Waals surface area contributed by atoms with E-state index in [9.17, 15) is 9.59 Å². The van der Waals surface area contributed by atoms with Gasteiger partial charge < -0.3 is 15.0 Å². The van der Waals surface area contributed by atoms with Gasteiger partial charge in [0.1, 0.15) is 0 Å². The normalized spacial score (nSPS) is 18.5. The number of piperidine rings is 1. The minimum absolute atomic E-state index is 0.120. The van der Waals surface area contributed by atoms with Gasteiger partial charge >= 0.3 is 12.1 Å². The molecule has 1 heterocycles. The SMILES string of the molecule is CCN1CCC(C(=O)OC(=O)NC)CC1. The Balaban J connectivity index is 2.33. The van der Waals surface area contributed by atoms with Crippen LogP contribution in [-0.2, 0) is 9.53 Å². The fourth-order valence-corrected chi connectivity index (χ4v) is 1.71. The Kier molecular flexibility index (Phi) is 4.55. The molecule has 0 atom stereocenters. The van der Waals surface area contributed by atoms with Crippen LogP contribution in [-0.4, -0.2) is 43.6 Å². The van der Waals surface area contributed by atoms with E-state index in [1.165, 1.54) is 7.05 Å². The number of nitrogens with one attached hydrogen (secondary N) is 1. The van der Waals surface area contributed by atoms with E-state index in [2.05, 4.69) is 21.9 Å². The topological polar surface area (TPSA) is 58.6 Å². The monoisotopic (exact) mass is 214 g/mol. The van der Waals surface area contributed by atoms with Crippen molar-refractivity contribution in [2.75, 3.05) is 26.7 Å². The minimum Gasteiger partial charge on any atom is -0.376 e. The van der Waals surface area contributed by atoms with E-state index in [1.807, 2.05) is 0 Å². The third-order valence-electron chi connectivity index (χ3n) is 2.77. The largest absolute Gasteiger partial charge is 0.414 e. The maximum absolute atomic E-state index is 11.5. The Labute approximate surface area is 89.8 Å². The van der Waals surface area contributed by atoms with Gasteiger partial charge in [-0.1, -0.05) is 6.92 Å². The Bertz CT molecular complexity index is 235. The molecule has 0 bridgehead atoms. The number of hydrogen-bond donors (Lipinski definition) is 1. The lowest BCUT2D eigenvalue weighted by atomic mass is 9.97. The maximum atomic E-state index is 11.5. The molecular formula is C10H18N2O3.